The van der Waals surface area contributed by atoms with Crippen molar-refractivity contribution in [2.24, 2.45) is 5.92 Å². The Labute approximate surface area is 227 Å². The van der Waals surface area contributed by atoms with Gasteiger partial charge < -0.3 is 21.1 Å². The summed E-state index contributed by atoms with van der Waals surface area (Å²) in [7, 11) is 0. The summed E-state index contributed by atoms with van der Waals surface area (Å²) in [5.74, 6) is 0.282. The molecule has 1 fully saturated rings. The van der Waals surface area contributed by atoms with E-state index in [0.29, 0.717) is 30.4 Å². The summed E-state index contributed by atoms with van der Waals surface area (Å²) in [6.45, 7) is 9.71. The van der Waals surface area contributed by atoms with Gasteiger partial charge in [-0.3, -0.25) is 4.90 Å². The summed E-state index contributed by atoms with van der Waals surface area (Å²) < 4.78 is 28.8. The zero-order valence-electron chi connectivity index (χ0n) is 21.8. The van der Waals surface area contributed by atoms with Crippen molar-refractivity contribution in [2.45, 2.75) is 26.8 Å². The normalized spacial score (nSPS) is 15.2. The van der Waals surface area contributed by atoms with Crippen LogP contribution < -0.4 is 16.0 Å². The van der Waals surface area contributed by atoms with Gasteiger partial charge in [-0.2, -0.15) is 15.1 Å². The number of nitrogens with two attached hydrogens (primary N) is 1. The first-order chi connectivity index (χ1) is 17.7. The van der Waals surface area contributed by atoms with E-state index in [4.69, 9.17) is 5.73 Å². The average molecular weight is 549 g/mol. The number of anilines is 3. The first kappa shape index (κ1) is 29.3. The van der Waals surface area contributed by atoms with Crippen LogP contribution in [0.4, 0.5) is 26.2 Å². The van der Waals surface area contributed by atoms with Crippen LogP contribution in [0, 0.1) is 24.5 Å². The van der Waals surface area contributed by atoms with Crippen LogP contribution in [0.15, 0.2) is 36.5 Å². The highest BCUT2D eigenvalue weighted by molar-refractivity contribution is 5.85. The molecule has 1 aliphatic heterocycles. The molecule has 4 rings (SSSR count). The van der Waals surface area contributed by atoms with Crippen LogP contribution in [0.3, 0.4) is 0 Å². The molecule has 0 unspecified atom stereocenters. The van der Waals surface area contributed by atoms with Crippen molar-refractivity contribution in [3.05, 3.63) is 59.4 Å². The van der Waals surface area contributed by atoms with Crippen molar-refractivity contribution in [1.29, 1.82) is 0 Å². The standard InChI is InChI=1S/C26H34F2N8O.ClH/c1-17(2)23(16-37)31-24-14-25(33-26(29)32-24)36-18(3)19(15-30-36)5-4-6-34-7-9-35(10-8-34)22-12-20(27)11-21(28)13-22;/h4-5,11-15,17,23,37H,6-10,16H2,1-3H3,(H3,29,31,32,33);1H/b5-4+;/t23-;/m1./s1. The number of nitrogen functional groups attached to an aromatic ring is 1. The molecule has 0 amide bonds. The molecule has 4 N–H and O–H groups in total. The fourth-order valence-electron chi connectivity index (χ4n) is 4.30. The lowest BCUT2D eigenvalue weighted by Crippen LogP contribution is -2.46. The van der Waals surface area contributed by atoms with Crippen molar-refractivity contribution >= 4 is 35.9 Å². The molecule has 0 radical (unpaired) electrons. The fraction of sp³-hybridized carbons (Fsp3) is 0.423. The molecule has 0 aliphatic carbocycles. The number of benzene rings is 1. The van der Waals surface area contributed by atoms with Crippen LogP contribution in [-0.2, 0) is 0 Å². The topological polar surface area (TPSA) is 108 Å². The van der Waals surface area contributed by atoms with Gasteiger partial charge in [0.2, 0.25) is 5.95 Å². The summed E-state index contributed by atoms with van der Waals surface area (Å²) in [5.41, 5.74) is 8.38. The van der Waals surface area contributed by atoms with Gasteiger partial charge in [-0.25, -0.2) is 13.5 Å². The van der Waals surface area contributed by atoms with E-state index in [0.717, 1.165) is 37.0 Å². The van der Waals surface area contributed by atoms with E-state index >= 15 is 0 Å². The molecule has 38 heavy (non-hydrogen) atoms. The number of aliphatic hydroxyl groups is 1. The predicted octanol–water partition coefficient (Wildman–Crippen LogP) is 3.52. The lowest BCUT2D eigenvalue weighted by atomic mass is 10.1. The molecule has 12 heteroatoms. The smallest absolute Gasteiger partial charge is 0.224 e. The van der Waals surface area contributed by atoms with E-state index in [1.54, 1.807) is 16.9 Å². The molecule has 0 saturated carbocycles. The van der Waals surface area contributed by atoms with E-state index in [1.165, 1.54) is 12.1 Å². The van der Waals surface area contributed by atoms with E-state index in [9.17, 15) is 13.9 Å². The van der Waals surface area contributed by atoms with Crippen LogP contribution in [0.5, 0.6) is 0 Å². The van der Waals surface area contributed by atoms with Gasteiger partial charge in [0, 0.05) is 56.1 Å². The maximum Gasteiger partial charge on any atom is 0.224 e. The summed E-state index contributed by atoms with van der Waals surface area (Å²) in [5, 5.41) is 17.3. The van der Waals surface area contributed by atoms with Crippen LogP contribution in [0.25, 0.3) is 11.9 Å². The van der Waals surface area contributed by atoms with Crippen LogP contribution in [-0.4, -0.2) is 75.1 Å². The average Bonchev–Trinajstić information content (AvgIpc) is 3.22. The van der Waals surface area contributed by atoms with Gasteiger partial charge in [0.1, 0.15) is 17.5 Å². The predicted molar refractivity (Wildman–Crippen MR) is 149 cm³/mol. The second-order valence-corrected chi connectivity index (χ2v) is 9.56. The molecular weight excluding hydrogens is 514 g/mol. The Morgan fingerprint density at radius 2 is 1.76 bits per heavy atom. The minimum atomic E-state index is -0.557. The maximum absolute atomic E-state index is 13.5. The molecule has 0 spiro atoms. The molecule has 1 aliphatic rings. The second-order valence-electron chi connectivity index (χ2n) is 9.56. The monoisotopic (exact) mass is 548 g/mol. The zero-order chi connectivity index (χ0) is 26.5. The number of piperazine rings is 1. The van der Waals surface area contributed by atoms with E-state index in [1.807, 2.05) is 31.7 Å². The maximum atomic E-state index is 13.5. The number of hydrogen-bond donors (Lipinski definition) is 3. The Balaban J connectivity index is 0.00000400. The van der Waals surface area contributed by atoms with Gasteiger partial charge in [0.25, 0.3) is 0 Å². The molecule has 1 aromatic carbocycles. The molecule has 3 heterocycles. The minimum Gasteiger partial charge on any atom is -0.394 e. The molecular formula is C26H35ClF2N8O. The zero-order valence-corrected chi connectivity index (χ0v) is 22.6. The number of rotatable bonds is 9. The van der Waals surface area contributed by atoms with E-state index in [-0.39, 0.29) is 36.9 Å². The first-order valence-corrected chi connectivity index (χ1v) is 12.4. The Bertz CT molecular complexity index is 1220. The fourth-order valence-corrected chi connectivity index (χ4v) is 4.30. The lowest BCUT2D eigenvalue weighted by Gasteiger charge is -2.35. The molecule has 206 valence electrons. The number of hydrogen-bond acceptors (Lipinski definition) is 8. The van der Waals surface area contributed by atoms with Gasteiger partial charge in [-0.1, -0.05) is 26.0 Å². The summed E-state index contributed by atoms with van der Waals surface area (Å²) in [6.07, 6.45) is 5.89. The number of nitrogens with one attached hydrogen (secondary N) is 1. The van der Waals surface area contributed by atoms with E-state index < -0.39 is 11.6 Å². The number of halogens is 3. The van der Waals surface area contributed by atoms with Crippen LogP contribution in [0.2, 0.25) is 0 Å². The van der Waals surface area contributed by atoms with Gasteiger partial charge in [-0.05, 0) is 25.0 Å². The van der Waals surface area contributed by atoms with Crippen molar-refractivity contribution in [3.8, 4) is 5.82 Å². The lowest BCUT2D eigenvalue weighted by molar-refractivity contribution is 0.249. The van der Waals surface area contributed by atoms with Gasteiger partial charge >= 0.3 is 0 Å². The Morgan fingerprint density at radius 3 is 2.39 bits per heavy atom. The summed E-state index contributed by atoms with van der Waals surface area (Å²) >= 11 is 0. The summed E-state index contributed by atoms with van der Waals surface area (Å²) in [4.78, 5) is 12.9. The number of aromatic nitrogens is 4. The van der Waals surface area contributed by atoms with Gasteiger partial charge in [0.05, 0.1) is 24.5 Å². The number of aliphatic hydroxyl groups excluding tert-OH is 1. The molecule has 1 saturated heterocycles. The Hall–Kier alpha value is -3.28. The summed E-state index contributed by atoms with van der Waals surface area (Å²) in [6, 6.07) is 5.25. The van der Waals surface area contributed by atoms with Crippen molar-refractivity contribution in [3.63, 3.8) is 0 Å². The molecule has 9 nitrogen and oxygen atoms in total. The highest BCUT2D eigenvalue weighted by atomic mass is 35.5. The third-order valence-corrected chi connectivity index (χ3v) is 6.58. The molecule has 1 atom stereocenters. The second kappa shape index (κ2) is 13.0. The minimum absolute atomic E-state index is 0. The quantitative estimate of drug-likeness (QED) is 0.373. The Morgan fingerprint density at radius 1 is 1.08 bits per heavy atom. The number of nitrogens with zero attached hydrogens (tertiary/aromatic N) is 6. The van der Waals surface area contributed by atoms with Crippen molar-refractivity contribution in [1.82, 2.24) is 24.6 Å². The van der Waals surface area contributed by atoms with E-state index in [2.05, 4.69) is 31.4 Å². The molecule has 2 aromatic heterocycles. The highest BCUT2D eigenvalue weighted by Gasteiger charge is 2.18. The third kappa shape index (κ3) is 7.18. The third-order valence-electron chi connectivity index (χ3n) is 6.58. The SMILES string of the molecule is Cc1c(/C=C/CN2CCN(c3cc(F)cc(F)c3)CC2)cnn1-c1cc(N[C@H](CO)C(C)C)nc(N)n1.Cl. The first-order valence-electron chi connectivity index (χ1n) is 12.4. The molecule has 3 aromatic rings. The molecule has 0 bridgehead atoms. The van der Waals surface area contributed by atoms with Crippen molar-refractivity contribution < 1.29 is 13.9 Å². The highest BCUT2D eigenvalue weighted by Crippen LogP contribution is 2.21. The largest absolute Gasteiger partial charge is 0.394 e. The van der Waals surface area contributed by atoms with Gasteiger partial charge in [-0.15, -0.1) is 12.4 Å². The van der Waals surface area contributed by atoms with Gasteiger partial charge in [0.15, 0.2) is 5.82 Å². The van der Waals surface area contributed by atoms with Crippen LogP contribution >= 0.6 is 12.4 Å². The van der Waals surface area contributed by atoms with Crippen LogP contribution in [0.1, 0.15) is 25.1 Å². The van der Waals surface area contributed by atoms with Crippen molar-refractivity contribution in [2.75, 3.05) is 55.3 Å². The Kier molecular flexibility index (Phi) is 10.0.